The number of esters is 4. The van der Waals surface area contributed by atoms with Crippen molar-refractivity contribution in [2.24, 2.45) is 0 Å². The van der Waals surface area contributed by atoms with Crippen molar-refractivity contribution in [2.75, 3.05) is 27.9 Å². The zero-order chi connectivity index (χ0) is 48.8. The summed E-state index contributed by atoms with van der Waals surface area (Å²) >= 11 is 0. The summed E-state index contributed by atoms with van der Waals surface area (Å²) in [6.07, 6.45) is -7.95. The summed E-state index contributed by atoms with van der Waals surface area (Å²) in [6.45, 7) is -0.447. The van der Waals surface area contributed by atoms with E-state index in [0.29, 0.717) is 28.4 Å². The number of rotatable bonds is 18. The average molecular weight is 945 g/mol. The van der Waals surface area contributed by atoms with Crippen LogP contribution in [0.4, 0.5) is 0 Å². The molecule has 0 N–H and O–H groups in total. The molecule has 8 rings (SSSR count). The normalized spacial score (nSPS) is 17.2. The number of methoxy groups -OCH3 is 3. The van der Waals surface area contributed by atoms with Crippen molar-refractivity contribution in [3.05, 3.63) is 210 Å². The molecule has 0 saturated carbocycles. The fourth-order valence-corrected chi connectivity index (χ4v) is 7.63. The number of carbonyl (C=O) groups excluding carboxylic acids is 4. The van der Waals surface area contributed by atoms with Crippen LogP contribution in [0, 0.1) is 0 Å². The molecular weight excluding hydrogens is 897 g/mol. The number of hydrogen-bond acceptors (Lipinski definition) is 14. The first-order chi connectivity index (χ1) is 34.2. The molecule has 14 heteroatoms. The first-order valence-corrected chi connectivity index (χ1v) is 22.2. The van der Waals surface area contributed by atoms with Gasteiger partial charge in [0.25, 0.3) is 0 Å². The van der Waals surface area contributed by atoms with Crippen molar-refractivity contribution in [2.45, 2.75) is 37.3 Å². The summed E-state index contributed by atoms with van der Waals surface area (Å²) in [5.41, 5.74) is 2.83. The van der Waals surface area contributed by atoms with Crippen LogP contribution in [0.1, 0.15) is 47.0 Å². The lowest BCUT2D eigenvalue weighted by Gasteiger charge is -2.44. The number of carbonyl (C=O) groups is 4. The highest BCUT2D eigenvalue weighted by molar-refractivity contribution is 5.91. The van der Waals surface area contributed by atoms with Crippen molar-refractivity contribution in [1.29, 1.82) is 0 Å². The van der Waals surface area contributed by atoms with Gasteiger partial charge in [-0.05, 0) is 89.5 Å². The van der Waals surface area contributed by atoms with Crippen LogP contribution in [0.2, 0.25) is 0 Å². The van der Waals surface area contributed by atoms with Gasteiger partial charge in [0.1, 0.15) is 19.3 Å². The summed E-state index contributed by atoms with van der Waals surface area (Å²) in [5, 5.41) is 0. The Labute approximate surface area is 404 Å². The van der Waals surface area contributed by atoms with Crippen molar-refractivity contribution < 1.29 is 66.5 Å². The van der Waals surface area contributed by atoms with Crippen LogP contribution in [-0.4, -0.2) is 82.5 Å². The minimum atomic E-state index is -1.66. The van der Waals surface area contributed by atoms with Crippen LogP contribution in [-0.2, 0) is 30.3 Å². The molecule has 1 heterocycles. The molecule has 0 spiro atoms. The summed E-state index contributed by atoms with van der Waals surface area (Å²) in [6, 6.07) is 50.8. The number of ether oxygens (including phenoxy) is 10. The van der Waals surface area contributed by atoms with E-state index in [-0.39, 0.29) is 40.4 Å². The zero-order valence-electron chi connectivity index (χ0n) is 38.3. The Morgan fingerprint density at radius 1 is 0.443 bits per heavy atom. The predicted molar refractivity (Wildman–Crippen MR) is 255 cm³/mol. The van der Waals surface area contributed by atoms with Gasteiger partial charge in [-0.15, -0.1) is 0 Å². The number of benzene rings is 7. The fourth-order valence-electron chi connectivity index (χ4n) is 7.63. The van der Waals surface area contributed by atoms with E-state index >= 15 is 0 Å². The van der Waals surface area contributed by atoms with E-state index in [9.17, 15) is 19.2 Å². The van der Waals surface area contributed by atoms with E-state index in [4.69, 9.17) is 47.4 Å². The Morgan fingerprint density at radius 2 is 0.886 bits per heavy atom. The Kier molecular flexibility index (Phi) is 15.7. The second-order valence-corrected chi connectivity index (χ2v) is 15.7. The standard InChI is InChI=1S/C56H48O14/c1-61-45-32-42(33-46(62-2)48(45)63-3)41-29-30-43(44(31-41)64-34-36-19-9-4-10-20-36)66-56-51(70-55(60)40-27-17-8-18-28-40)50(69-54(59)39-25-15-7-16-26-39)49(68-53(58)38-23-13-6-14-24-38)47(67-56)35-65-52(57)37-21-11-5-12-22-37/h4-33,47,49-51,56H,34-35H2,1-3H3/t47-,49-,50+,51-,56-/m1/s1. The molecule has 0 aromatic heterocycles. The molecule has 7 aromatic carbocycles. The Morgan fingerprint density at radius 3 is 1.37 bits per heavy atom. The molecule has 0 amide bonds. The van der Waals surface area contributed by atoms with E-state index < -0.39 is 61.2 Å². The first kappa shape index (κ1) is 47.9. The topological polar surface area (TPSA) is 161 Å². The monoisotopic (exact) mass is 944 g/mol. The molecule has 14 nitrogen and oxygen atoms in total. The summed E-state index contributed by atoms with van der Waals surface area (Å²) < 4.78 is 61.3. The van der Waals surface area contributed by atoms with Crippen LogP contribution in [0.25, 0.3) is 11.1 Å². The molecule has 0 bridgehead atoms. The molecular formula is C56H48O14. The fraction of sp³-hybridized carbons (Fsp3) is 0.179. The van der Waals surface area contributed by atoms with E-state index in [1.54, 1.807) is 140 Å². The van der Waals surface area contributed by atoms with Gasteiger partial charge in [0, 0.05) is 0 Å². The number of hydrogen-bond donors (Lipinski definition) is 0. The maximum absolute atomic E-state index is 14.2. The zero-order valence-corrected chi connectivity index (χ0v) is 38.3. The molecule has 1 aliphatic heterocycles. The van der Waals surface area contributed by atoms with E-state index in [1.165, 1.54) is 33.5 Å². The first-order valence-electron chi connectivity index (χ1n) is 22.2. The van der Waals surface area contributed by atoms with E-state index in [2.05, 4.69) is 0 Å². The van der Waals surface area contributed by atoms with Crippen LogP contribution in [0.5, 0.6) is 28.7 Å². The third-order valence-corrected chi connectivity index (χ3v) is 11.2. The van der Waals surface area contributed by atoms with Gasteiger partial charge in [-0.3, -0.25) is 0 Å². The average Bonchev–Trinajstić information content (AvgIpc) is 3.42. The van der Waals surface area contributed by atoms with Gasteiger partial charge in [-0.2, -0.15) is 0 Å². The minimum Gasteiger partial charge on any atom is -0.493 e. The Balaban J connectivity index is 1.25. The lowest BCUT2D eigenvalue weighted by Crippen LogP contribution is -2.63. The maximum Gasteiger partial charge on any atom is 0.338 e. The van der Waals surface area contributed by atoms with Crippen LogP contribution in [0.3, 0.4) is 0 Å². The molecule has 0 aliphatic carbocycles. The maximum atomic E-state index is 14.2. The largest absolute Gasteiger partial charge is 0.493 e. The van der Waals surface area contributed by atoms with Gasteiger partial charge in [0.05, 0.1) is 43.6 Å². The van der Waals surface area contributed by atoms with Gasteiger partial charge < -0.3 is 47.4 Å². The van der Waals surface area contributed by atoms with Gasteiger partial charge in [0.2, 0.25) is 18.1 Å². The summed E-state index contributed by atoms with van der Waals surface area (Å²) in [4.78, 5) is 55.9. The minimum absolute atomic E-state index is 0.0980. The molecule has 70 heavy (non-hydrogen) atoms. The van der Waals surface area contributed by atoms with Crippen molar-refractivity contribution in [3.8, 4) is 39.9 Å². The summed E-state index contributed by atoms with van der Waals surface area (Å²) in [5.74, 6) is -1.69. The van der Waals surface area contributed by atoms with Gasteiger partial charge in [-0.1, -0.05) is 109 Å². The SMILES string of the molecule is COc1cc(-c2ccc(O[C@@H]3O[C@H](COC(=O)c4ccccc4)[C@@H](OC(=O)c4ccccc4)[C@H](OC(=O)c4ccccc4)[C@H]3OC(=O)c3ccccc3)c(OCc3ccccc3)c2)cc(OC)c1OC. The third kappa shape index (κ3) is 11.5. The second kappa shape index (κ2) is 22.9. The lowest BCUT2D eigenvalue weighted by atomic mass is 9.97. The molecule has 0 unspecified atom stereocenters. The van der Waals surface area contributed by atoms with Gasteiger partial charge >= 0.3 is 23.9 Å². The van der Waals surface area contributed by atoms with Gasteiger partial charge in [-0.25, -0.2) is 19.2 Å². The van der Waals surface area contributed by atoms with Crippen LogP contribution >= 0.6 is 0 Å². The second-order valence-electron chi connectivity index (χ2n) is 15.7. The molecule has 5 atom stereocenters. The lowest BCUT2D eigenvalue weighted by molar-refractivity contribution is -0.275. The molecule has 0 radical (unpaired) electrons. The van der Waals surface area contributed by atoms with Crippen molar-refractivity contribution >= 4 is 23.9 Å². The molecule has 1 fully saturated rings. The molecule has 356 valence electrons. The van der Waals surface area contributed by atoms with Crippen molar-refractivity contribution in [1.82, 2.24) is 0 Å². The van der Waals surface area contributed by atoms with E-state index in [0.717, 1.165) is 5.56 Å². The quantitative estimate of drug-likeness (QED) is 0.0591. The molecule has 1 saturated heterocycles. The third-order valence-electron chi connectivity index (χ3n) is 11.2. The van der Waals surface area contributed by atoms with Crippen LogP contribution in [0.15, 0.2) is 182 Å². The highest BCUT2D eigenvalue weighted by Gasteiger charge is 2.54. The highest BCUT2D eigenvalue weighted by atomic mass is 16.7. The Bertz CT molecular complexity index is 2840. The predicted octanol–water partition coefficient (Wildman–Crippen LogP) is 9.60. The van der Waals surface area contributed by atoms with E-state index in [1.807, 2.05) is 30.3 Å². The molecule has 1 aliphatic rings. The highest BCUT2D eigenvalue weighted by Crippen LogP contribution is 2.44. The van der Waals surface area contributed by atoms with Gasteiger partial charge in [0.15, 0.2) is 35.2 Å². The Hall–Kier alpha value is -8.62. The smallest absolute Gasteiger partial charge is 0.338 e. The molecule has 7 aromatic rings. The summed E-state index contributed by atoms with van der Waals surface area (Å²) in [7, 11) is 4.55. The van der Waals surface area contributed by atoms with Crippen LogP contribution < -0.4 is 23.7 Å². The van der Waals surface area contributed by atoms with Crippen molar-refractivity contribution in [3.63, 3.8) is 0 Å².